The van der Waals surface area contributed by atoms with E-state index in [9.17, 15) is 4.79 Å². The minimum Gasteiger partial charge on any atom is -0.288 e. The maximum atomic E-state index is 13.3. The zero-order valence-electron chi connectivity index (χ0n) is 15.9. The molecule has 0 fully saturated rings. The summed E-state index contributed by atoms with van der Waals surface area (Å²) in [6, 6.07) is 8.14. The molecule has 23 heavy (non-hydrogen) atoms. The van der Waals surface area contributed by atoms with Gasteiger partial charge in [0.05, 0.1) is 0 Å². The van der Waals surface area contributed by atoms with E-state index in [-0.39, 0.29) is 21.6 Å². The molecule has 1 aromatic carbocycles. The average Bonchev–Trinajstić information content (AvgIpc) is 2.49. The second kappa shape index (κ2) is 9.52. The Labute approximate surface area is 146 Å². The van der Waals surface area contributed by atoms with Gasteiger partial charge in [0.25, 0.3) is 0 Å². The molecule has 0 heterocycles. The number of benzene rings is 1. The van der Waals surface area contributed by atoms with Gasteiger partial charge in [-0.1, -0.05) is 77.3 Å². The maximum absolute atomic E-state index is 13.3. The van der Waals surface area contributed by atoms with Crippen molar-refractivity contribution < 1.29 is 4.79 Å². The highest BCUT2D eigenvalue weighted by molar-refractivity contribution is 7.98. The topological polar surface area (TPSA) is 17.1 Å². The Morgan fingerprint density at radius 2 is 1.48 bits per heavy atom. The van der Waals surface area contributed by atoms with Gasteiger partial charge in [-0.15, -0.1) is 0 Å². The Morgan fingerprint density at radius 1 is 1.00 bits per heavy atom. The number of Topliss-reactive ketones (excluding diaryl/α,β-unsaturated/α-hetero) is 1. The molecule has 1 atom stereocenters. The van der Waals surface area contributed by atoms with Crippen LogP contribution >= 0.6 is 0 Å². The zero-order chi connectivity index (χ0) is 17.5. The number of rotatable bonds is 9. The normalized spacial score (nSPS) is 13.3. The van der Waals surface area contributed by atoms with Crippen molar-refractivity contribution in [2.45, 2.75) is 72.5 Å². The molecule has 1 aromatic rings. The molecule has 2 heteroatoms. The van der Waals surface area contributed by atoms with Crippen molar-refractivity contribution in [1.29, 1.82) is 0 Å². The highest BCUT2D eigenvalue weighted by Crippen LogP contribution is 2.32. The molecule has 130 valence electrons. The monoisotopic (exact) mass is 335 g/mol. The van der Waals surface area contributed by atoms with Crippen LogP contribution in [0.3, 0.4) is 0 Å². The molecule has 0 aliphatic carbocycles. The lowest BCUT2D eigenvalue weighted by molar-refractivity contribution is 0.0949. The summed E-state index contributed by atoms with van der Waals surface area (Å²) in [5.41, 5.74) is 2.12. The first kappa shape index (κ1) is 20.3. The van der Waals surface area contributed by atoms with E-state index < -0.39 is 0 Å². The van der Waals surface area contributed by atoms with Crippen LogP contribution in [0.1, 0.15) is 76.2 Å². The second-order valence-electron chi connectivity index (χ2n) is 7.63. The predicted molar refractivity (Wildman–Crippen MR) is 106 cm³/mol. The third-order valence-electron chi connectivity index (χ3n) is 4.21. The fourth-order valence-corrected chi connectivity index (χ4v) is 6.34. The smallest absolute Gasteiger partial charge is 0.215 e. The fourth-order valence-electron chi connectivity index (χ4n) is 2.91. The molecule has 1 nitrogen and oxygen atoms in total. The number of hydrogen-bond acceptors (Lipinski definition) is 1. The van der Waals surface area contributed by atoms with Crippen LogP contribution in [0.5, 0.6) is 0 Å². The zero-order valence-corrected chi connectivity index (χ0v) is 16.8. The quantitative estimate of drug-likeness (QED) is 0.411. The number of carbonyl (C=O) groups is 1. The van der Waals surface area contributed by atoms with Gasteiger partial charge < -0.3 is 0 Å². The summed E-state index contributed by atoms with van der Waals surface area (Å²) >= 11 is 0. The number of aryl methyl sites for hydroxylation is 1. The summed E-state index contributed by atoms with van der Waals surface area (Å²) in [6.07, 6.45) is 4.90. The molecular weight excluding hydrogens is 300 g/mol. The molecule has 1 unspecified atom stereocenters. The fraction of sp³-hybridized carbons (Fsp3) is 0.667. The minimum absolute atomic E-state index is 0.0204. The molecule has 0 aromatic heterocycles. The summed E-state index contributed by atoms with van der Waals surface area (Å²) < 4.78 is 0. The summed E-state index contributed by atoms with van der Waals surface area (Å²) in [5, 5.41) is 0.142. The lowest BCUT2D eigenvalue weighted by atomic mass is 9.87. The molecule has 0 aliphatic rings. The molecule has 1 rings (SSSR count). The SMILES string of the molecule is CCCC[S+](CCCC)C(C(=O)c1ccc(C)cc1)C(C)(C)C. The van der Waals surface area contributed by atoms with E-state index in [1.54, 1.807) is 0 Å². The minimum atomic E-state index is 0.0204. The van der Waals surface area contributed by atoms with E-state index >= 15 is 0 Å². The first-order chi connectivity index (χ1) is 10.8. The Hall–Kier alpha value is -0.760. The van der Waals surface area contributed by atoms with Crippen LogP contribution < -0.4 is 0 Å². The molecule has 0 saturated heterocycles. The summed E-state index contributed by atoms with van der Waals surface area (Å²) in [7, 11) is 0.183. The van der Waals surface area contributed by atoms with Crippen molar-refractivity contribution >= 4 is 16.7 Å². The van der Waals surface area contributed by atoms with Gasteiger partial charge in [0.1, 0.15) is 11.5 Å². The van der Waals surface area contributed by atoms with Crippen LogP contribution in [0.15, 0.2) is 24.3 Å². The van der Waals surface area contributed by atoms with Crippen LogP contribution in [0.4, 0.5) is 0 Å². The molecule has 0 saturated carbocycles. The number of hydrogen-bond donors (Lipinski definition) is 0. The van der Waals surface area contributed by atoms with Crippen LogP contribution in [0, 0.1) is 12.3 Å². The van der Waals surface area contributed by atoms with Crippen molar-refractivity contribution in [1.82, 2.24) is 0 Å². The molecule has 0 bridgehead atoms. The van der Waals surface area contributed by atoms with Gasteiger partial charge in [-0.2, -0.15) is 0 Å². The van der Waals surface area contributed by atoms with Gasteiger partial charge in [-0.25, -0.2) is 0 Å². The van der Waals surface area contributed by atoms with E-state index in [0.29, 0.717) is 5.78 Å². The first-order valence-electron chi connectivity index (χ1n) is 9.08. The third-order valence-corrected chi connectivity index (χ3v) is 7.43. The highest BCUT2D eigenvalue weighted by Gasteiger charge is 2.44. The summed E-state index contributed by atoms with van der Waals surface area (Å²) in [4.78, 5) is 13.3. The van der Waals surface area contributed by atoms with Gasteiger partial charge in [-0.3, -0.25) is 4.79 Å². The lowest BCUT2D eigenvalue weighted by Gasteiger charge is -2.29. The van der Waals surface area contributed by atoms with E-state index in [1.807, 2.05) is 12.1 Å². The van der Waals surface area contributed by atoms with E-state index in [0.717, 1.165) is 5.56 Å². The molecule has 0 spiro atoms. The molecule has 0 amide bonds. The Kier molecular flexibility index (Phi) is 8.39. The highest BCUT2D eigenvalue weighted by atomic mass is 32.2. The van der Waals surface area contributed by atoms with Gasteiger partial charge in [0.15, 0.2) is 5.25 Å². The largest absolute Gasteiger partial charge is 0.288 e. The Bertz CT molecular complexity index is 462. The van der Waals surface area contributed by atoms with Crippen molar-refractivity contribution in [3.05, 3.63) is 35.4 Å². The van der Waals surface area contributed by atoms with Gasteiger partial charge in [0.2, 0.25) is 5.78 Å². The van der Waals surface area contributed by atoms with Crippen molar-refractivity contribution in [3.8, 4) is 0 Å². The Morgan fingerprint density at radius 3 is 1.87 bits per heavy atom. The average molecular weight is 336 g/mol. The summed E-state index contributed by atoms with van der Waals surface area (Å²) in [6.45, 7) is 13.3. The number of unbranched alkanes of at least 4 members (excludes halogenated alkanes) is 2. The standard InChI is InChI=1S/C21H35OS/c1-7-9-15-23(16-10-8-2)20(21(4,5)6)19(22)18-13-11-17(3)12-14-18/h11-14,20H,7-10,15-16H2,1-6H3/q+1. The van der Waals surface area contributed by atoms with E-state index in [2.05, 4.69) is 53.7 Å². The number of carbonyl (C=O) groups excluding carboxylic acids is 1. The van der Waals surface area contributed by atoms with Crippen molar-refractivity contribution in [2.24, 2.45) is 5.41 Å². The van der Waals surface area contributed by atoms with Crippen LogP contribution in [0.25, 0.3) is 0 Å². The Balaban J connectivity index is 3.08. The van der Waals surface area contributed by atoms with Crippen molar-refractivity contribution in [3.63, 3.8) is 0 Å². The number of ketones is 1. The molecule has 0 radical (unpaired) electrons. The molecular formula is C21H35OS+. The van der Waals surface area contributed by atoms with Crippen LogP contribution in [-0.2, 0) is 10.9 Å². The third kappa shape index (κ3) is 6.33. The first-order valence-corrected chi connectivity index (χ1v) is 10.7. The van der Waals surface area contributed by atoms with Gasteiger partial charge >= 0.3 is 0 Å². The van der Waals surface area contributed by atoms with Gasteiger partial charge in [0, 0.05) is 11.0 Å². The van der Waals surface area contributed by atoms with Crippen molar-refractivity contribution in [2.75, 3.05) is 11.5 Å². The van der Waals surface area contributed by atoms with Crippen LogP contribution in [0.2, 0.25) is 0 Å². The van der Waals surface area contributed by atoms with E-state index in [1.165, 1.54) is 42.8 Å². The molecule has 0 aliphatic heterocycles. The maximum Gasteiger partial charge on any atom is 0.215 e. The lowest BCUT2D eigenvalue weighted by Crippen LogP contribution is -2.44. The molecule has 0 N–H and O–H groups in total. The summed E-state index contributed by atoms with van der Waals surface area (Å²) in [5.74, 6) is 2.76. The second-order valence-corrected chi connectivity index (χ2v) is 9.99. The van der Waals surface area contributed by atoms with Gasteiger partial charge in [-0.05, 0) is 30.7 Å². The van der Waals surface area contributed by atoms with Crippen LogP contribution in [-0.4, -0.2) is 22.5 Å². The van der Waals surface area contributed by atoms with E-state index in [4.69, 9.17) is 0 Å². The predicted octanol–water partition coefficient (Wildman–Crippen LogP) is 5.81.